The number of benzene rings is 1. The van der Waals surface area contributed by atoms with Gasteiger partial charge in [-0.3, -0.25) is 25.1 Å². The van der Waals surface area contributed by atoms with Crippen molar-refractivity contribution in [3.05, 3.63) is 53.4 Å². The fourth-order valence-corrected chi connectivity index (χ4v) is 4.03. The second-order valence-electron chi connectivity index (χ2n) is 7.88. The Morgan fingerprint density at radius 2 is 2.00 bits per heavy atom. The standard InChI is InChI=1S/C21H21F5N4O4/c1-9-14(11-4-5-12(22)15(23)17(11)34-3)16(29-20(9,2)21(24,25)26)19(32)28-10-6-7-27-13(8-10)18(31)30-33/h4-9,14,16,29,33H,1-3H3,(H,30,31)(H,27,28,32)/t9-,14-,16+,20+/m0/s1/i3D3. The van der Waals surface area contributed by atoms with Gasteiger partial charge in [0.1, 0.15) is 11.2 Å². The average Bonchev–Trinajstić information content (AvgIpc) is 3.08. The van der Waals surface area contributed by atoms with Gasteiger partial charge in [-0.2, -0.15) is 17.6 Å². The third-order valence-corrected chi connectivity index (χ3v) is 6.04. The number of halogens is 5. The van der Waals surface area contributed by atoms with Crippen LogP contribution in [0.15, 0.2) is 30.5 Å². The van der Waals surface area contributed by atoms with E-state index in [0.29, 0.717) is 6.07 Å². The summed E-state index contributed by atoms with van der Waals surface area (Å²) in [4.78, 5) is 28.5. The molecule has 0 unspecified atom stereocenters. The number of nitrogens with one attached hydrogen (secondary N) is 3. The van der Waals surface area contributed by atoms with Crippen molar-refractivity contribution in [3.8, 4) is 5.75 Å². The summed E-state index contributed by atoms with van der Waals surface area (Å²) in [6.45, 7) is 1.90. The molecular weight excluding hydrogens is 467 g/mol. The lowest BCUT2D eigenvalue weighted by Gasteiger charge is -2.33. The molecule has 0 spiro atoms. The molecule has 2 amide bonds. The minimum atomic E-state index is -4.92. The zero-order chi connectivity index (χ0) is 27.9. The maximum Gasteiger partial charge on any atom is 0.406 e. The largest absolute Gasteiger partial charge is 0.493 e. The van der Waals surface area contributed by atoms with E-state index >= 15 is 0 Å². The maximum atomic E-state index is 14.7. The molecular formula is C21H21F5N4O4. The van der Waals surface area contributed by atoms with Crippen LogP contribution in [-0.2, 0) is 4.79 Å². The summed E-state index contributed by atoms with van der Waals surface area (Å²) in [6, 6.07) is 1.93. The van der Waals surface area contributed by atoms with Crippen molar-refractivity contribution < 1.29 is 45.6 Å². The lowest BCUT2D eigenvalue weighted by molar-refractivity contribution is -0.198. The molecule has 1 fully saturated rings. The van der Waals surface area contributed by atoms with Crippen molar-refractivity contribution in [2.45, 2.75) is 37.5 Å². The quantitative estimate of drug-likeness (QED) is 0.291. The van der Waals surface area contributed by atoms with Gasteiger partial charge in [-0.1, -0.05) is 13.0 Å². The normalized spacial score (nSPS) is 26.2. The highest BCUT2D eigenvalue weighted by Gasteiger charge is 2.64. The molecule has 13 heteroatoms. The molecule has 1 aromatic heterocycles. The zero-order valence-corrected chi connectivity index (χ0v) is 17.6. The van der Waals surface area contributed by atoms with Crippen LogP contribution in [0.5, 0.6) is 5.75 Å². The molecule has 1 saturated heterocycles. The number of anilines is 1. The molecule has 2 heterocycles. The molecule has 4 atom stereocenters. The van der Waals surface area contributed by atoms with Crippen LogP contribution in [0, 0.1) is 17.6 Å². The molecule has 8 nitrogen and oxygen atoms in total. The number of hydrogen-bond acceptors (Lipinski definition) is 6. The van der Waals surface area contributed by atoms with Crippen molar-refractivity contribution in [1.29, 1.82) is 0 Å². The topological polar surface area (TPSA) is 113 Å². The van der Waals surface area contributed by atoms with E-state index in [9.17, 15) is 31.5 Å². The van der Waals surface area contributed by atoms with Gasteiger partial charge in [-0.15, -0.1) is 0 Å². The molecule has 1 aliphatic heterocycles. The van der Waals surface area contributed by atoms with Gasteiger partial charge in [0, 0.05) is 23.4 Å². The van der Waals surface area contributed by atoms with Gasteiger partial charge in [0.2, 0.25) is 11.7 Å². The molecule has 4 N–H and O–H groups in total. The van der Waals surface area contributed by atoms with Crippen LogP contribution in [-0.4, -0.2) is 46.8 Å². The zero-order valence-electron chi connectivity index (χ0n) is 20.6. The van der Waals surface area contributed by atoms with E-state index in [0.717, 1.165) is 32.2 Å². The SMILES string of the molecule is [2H]C([2H])([2H])Oc1c([C@H]2[C@H](C(=O)Nc3ccnc(C(=O)NO)c3)N[C@@](C)(C(F)(F)F)[C@H]2C)ccc(F)c1F. The second-order valence-corrected chi connectivity index (χ2v) is 7.88. The van der Waals surface area contributed by atoms with Gasteiger partial charge in [0.05, 0.1) is 17.2 Å². The van der Waals surface area contributed by atoms with E-state index < -0.39 is 71.4 Å². The summed E-state index contributed by atoms with van der Waals surface area (Å²) < 4.78 is 97.4. The number of rotatable bonds is 5. The lowest BCUT2D eigenvalue weighted by atomic mass is 9.76. The first-order valence-electron chi connectivity index (χ1n) is 11.2. The Labute approximate surface area is 194 Å². The second kappa shape index (κ2) is 9.14. The summed E-state index contributed by atoms with van der Waals surface area (Å²) in [7, 11) is -3.29. The van der Waals surface area contributed by atoms with Crippen LogP contribution >= 0.6 is 0 Å². The molecule has 1 aromatic carbocycles. The van der Waals surface area contributed by atoms with E-state index in [1.165, 1.54) is 11.5 Å². The van der Waals surface area contributed by atoms with Crippen LogP contribution < -0.4 is 20.9 Å². The molecule has 3 rings (SSSR count). The van der Waals surface area contributed by atoms with Crippen LogP contribution in [0.1, 0.15) is 39.9 Å². The van der Waals surface area contributed by atoms with E-state index in [2.05, 4.69) is 20.4 Å². The van der Waals surface area contributed by atoms with Gasteiger partial charge >= 0.3 is 6.18 Å². The fraction of sp³-hybridized carbons (Fsp3) is 0.381. The van der Waals surface area contributed by atoms with Crippen LogP contribution in [0.25, 0.3) is 0 Å². The Balaban J connectivity index is 2.11. The number of amides is 2. The third-order valence-electron chi connectivity index (χ3n) is 6.04. The van der Waals surface area contributed by atoms with E-state index in [-0.39, 0.29) is 11.4 Å². The van der Waals surface area contributed by atoms with Gasteiger partial charge in [-0.25, -0.2) is 9.87 Å². The molecule has 0 radical (unpaired) electrons. The highest BCUT2D eigenvalue weighted by Crippen LogP contribution is 2.51. The molecule has 2 aromatic rings. The van der Waals surface area contributed by atoms with Gasteiger partial charge in [0.15, 0.2) is 11.6 Å². The summed E-state index contributed by atoms with van der Waals surface area (Å²) >= 11 is 0. The molecule has 1 aliphatic rings. The average molecular weight is 491 g/mol. The maximum absolute atomic E-state index is 14.7. The number of nitrogens with zero attached hydrogens (tertiary/aromatic N) is 1. The highest BCUT2D eigenvalue weighted by molar-refractivity contribution is 5.98. The molecule has 184 valence electrons. The Bertz CT molecular complexity index is 1210. The number of pyridine rings is 1. The van der Waals surface area contributed by atoms with Crippen molar-refractivity contribution in [2.24, 2.45) is 5.92 Å². The van der Waals surface area contributed by atoms with E-state index in [1.807, 2.05) is 0 Å². The first-order chi connectivity index (χ1) is 17.0. The van der Waals surface area contributed by atoms with Gasteiger partial charge < -0.3 is 10.1 Å². The predicted molar refractivity (Wildman–Crippen MR) is 108 cm³/mol. The van der Waals surface area contributed by atoms with Crippen molar-refractivity contribution in [3.63, 3.8) is 0 Å². The fourth-order valence-electron chi connectivity index (χ4n) is 4.03. The third kappa shape index (κ3) is 4.28. The van der Waals surface area contributed by atoms with Crippen molar-refractivity contribution >= 4 is 17.5 Å². The Kier molecular flexibility index (Phi) is 5.71. The molecule has 34 heavy (non-hydrogen) atoms. The number of alkyl halides is 3. The molecule has 0 aliphatic carbocycles. The molecule has 0 bridgehead atoms. The van der Waals surface area contributed by atoms with Crippen LogP contribution in [0.2, 0.25) is 0 Å². The number of carbonyl (C=O) groups is 2. The number of carbonyl (C=O) groups excluding carboxylic acids is 2. The Morgan fingerprint density at radius 1 is 1.29 bits per heavy atom. The van der Waals surface area contributed by atoms with E-state index in [1.54, 1.807) is 0 Å². The number of hydroxylamine groups is 1. The lowest BCUT2D eigenvalue weighted by Crippen LogP contribution is -2.56. The first-order valence-corrected chi connectivity index (χ1v) is 9.73. The molecule has 0 saturated carbocycles. The summed E-state index contributed by atoms with van der Waals surface area (Å²) in [6.07, 6.45) is -3.84. The number of ether oxygens (including phenoxy) is 1. The monoisotopic (exact) mass is 491 g/mol. The summed E-state index contributed by atoms with van der Waals surface area (Å²) in [5, 5.41) is 13.3. The Hall–Kier alpha value is -3.32. The Morgan fingerprint density at radius 3 is 2.62 bits per heavy atom. The number of hydrogen-bond donors (Lipinski definition) is 4. The minimum absolute atomic E-state index is 0.0864. The van der Waals surface area contributed by atoms with Crippen molar-refractivity contribution in [2.75, 3.05) is 12.4 Å². The first kappa shape index (κ1) is 21.2. The minimum Gasteiger partial charge on any atom is -0.493 e. The predicted octanol–water partition coefficient (Wildman–Crippen LogP) is 3.14. The van der Waals surface area contributed by atoms with Crippen molar-refractivity contribution in [1.82, 2.24) is 15.8 Å². The smallest absolute Gasteiger partial charge is 0.406 e. The number of methoxy groups -OCH3 is 1. The summed E-state index contributed by atoms with van der Waals surface area (Å²) in [5.41, 5.74) is -2.28. The van der Waals surface area contributed by atoms with Crippen LogP contribution in [0.4, 0.5) is 27.6 Å². The highest BCUT2D eigenvalue weighted by atomic mass is 19.4. The van der Waals surface area contributed by atoms with E-state index in [4.69, 9.17) is 9.32 Å². The van der Waals surface area contributed by atoms with Gasteiger partial charge in [-0.05, 0) is 31.0 Å². The van der Waals surface area contributed by atoms with Gasteiger partial charge in [0.25, 0.3) is 5.91 Å². The summed E-state index contributed by atoms with van der Waals surface area (Å²) in [5.74, 6) is -9.56. The number of aromatic nitrogens is 1. The van der Waals surface area contributed by atoms with Crippen LogP contribution in [0.3, 0.4) is 0 Å².